The van der Waals surface area contributed by atoms with Gasteiger partial charge in [0.15, 0.2) is 0 Å². The van der Waals surface area contributed by atoms with Gasteiger partial charge in [-0.25, -0.2) is 9.18 Å². The molecule has 2 unspecified atom stereocenters. The summed E-state index contributed by atoms with van der Waals surface area (Å²) in [5.41, 5.74) is -0.595. The standard InChI is InChI=1S/C13H14FNO4/c1-7-5-6-10(19-7)12(16)15-11-8(13(17)18)3-2-4-9(11)14/h2-4,7,10H,5-6H2,1H3,(H,15,16)(H,17,18). The van der Waals surface area contributed by atoms with Gasteiger partial charge in [0.05, 0.1) is 17.4 Å². The molecular formula is C13H14FNO4. The maximum Gasteiger partial charge on any atom is 0.337 e. The van der Waals surface area contributed by atoms with Gasteiger partial charge in [0.2, 0.25) is 0 Å². The Bertz CT molecular complexity index is 517. The van der Waals surface area contributed by atoms with Crippen molar-refractivity contribution in [2.75, 3.05) is 5.32 Å². The Balaban J connectivity index is 2.19. The molecule has 5 nitrogen and oxygen atoms in total. The van der Waals surface area contributed by atoms with Crippen LogP contribution in [0.4, 0.5) is 10.1 Å². The van der Waals surface area contributed by atoms with Crippen LogP contribution in [0.15, 0.2) is 18.2 Å². The van der Waals surface area contributed by atoms with Crippen molar-refractivity contribution in [1.29, 1.82) is 0 Å². The summed E-state index contributed by atoms with van der Waals surface area (Å²) in [6.07, 6.45) is 0.622. The largest absolute Gasteiger partial charge is 0.478 e. The second kappa shape index (κ2) is 5.36. The van der Waals surface area contributed by atoms with E-state index in [4.69, 9.17) is 9.84 Å². The van der Waals surface area contributed by atoms with Gasteiger partial charge in [-0.2, -0.15) is 0 Å². The lowest BCUT2D eigenvalue weighted by atomic mass is 10.1. The molecule has 1 aliphatic heterocycles. The molecule has 1 heterocycles. The first-order valence-electron chi connectivity index (χ1n) is 5.97. The highest BCUT2D eigenvalue weighted by molar-refractivity contribution is 6.02. The van der Waals surface area contributed by atoms with E-state index in [1.807, 2.05) is 6.92 Å². The van der Waals surface area contributed by atoms with Crippen molar-refractivity contribution in [1.82, 2.24) is 0 Å². The highest BCUT2D eigenvalue weighted by Crippen LogP contribution is 2.24. The van der Waals surface area contributed by atoms with Crippen LogP contribution in [0.3, 0.4) is 0 Å². The zero-order chi connectivity index (χ0) is 14.0. The van der Waals surface area contributed by atoms with E-state index < -0.39 is 23.8 Å². The molecule has 0 spiro atoms. The molecule has 6 heteroatoms. The predicted molar refractivity (Wildman–Crippen MR) is 65.6 cm³/mol. The third-order valence-corrected chi connectivity index (χ3v) is 3.02. The van der Waals surface area contributed by atoms with Crippen molar-refractivity contribution in [3.8, 4) is 0 Å². The molecule has 1 saturated heterocycles. The summed E-state index contributed by atoms with van der Waals surface area (Å²) in [6, 6.07) is 3.61. The van der Waals surface area contributed by atoms with E-state index in [0.29, 0.717) is 6.42 Å². The molecule has 0 bridgehead atoms. The number of ether oxygens (including phenoxy) is 1. The third-order valence-electron chi connectivity index (χ3n) is 3.02. The summed E-state index contributed by atoms with van der Waals surface area (Å²) in [6.45, 7) is 1.85. The number of carbonyl (C=O) groups is 2. The minimum absolute atomic E-state index is 0.0182. The van der Waals surface area contributed by atoms with E-state index in [1.165, 1.54) is 12.1 Å². The Hall–Kier alpha value is -1.95. The lowest BCUT2D eigenvalue weighted by Crippen LogP contribution is -2.29. The average Bonchev–Trinajstić information content (AvgIpc) is 2.78. The van der Waals surface area contributed by atoms with Gasteiger partial charge >= 0.3 is 5.97 Å². The number of anilines is 1. The quantitative estimate of drug-likeness (QED) is 0.878. The van der Waals surface area contributed by atoms with Gasteiger partial charge in [0, 0.05) is 0 Å². The summed E-state index contributed by atoms with van der Waals surface area (Å²) >= 11 is 0. The van der Waals surface area contributed by atoms with Gasteiger partial charge in [-0.1, -0.05) is 6.07 Å². The van der Waals surface area contributed by atoms with Gasteiger partial charge in [-0.3, -0.25) is 4.79 Å². The molecule has 0 aromatic heterocycles. The highest BCUT2D eigenvalue weighted by atomic mass is 19.1. The minimum Gasteiger partial charge on any atom is -0.478 e. The summed E-state index contributed by atoms with van der Waals surface area (Å²) in [4.78, 5) is 22.9. The van der Waals surface area contributed by atoms with Crippen molar-refractivity contribution in [2.45, 2.75) is 32.0 Å². The van der Waals surface area contributed by atoms with Gasteiger partial charge in [-0.15, -0.1) is 0 Å². The minimum atomic E-state index is -1.30. The number of carboxylic acid groups (broad SMARTS) is 1. The molecule has 1 aromatic carbocycles. The zero-order valence-electron chi connectivity index (χ0n) is 10.4. The molecule has 2 rings (SSSR count). The van der Waals surface area contributed by atoms with Gasteiger partial charge in [0.25, 0.3) is 5.91 Å². The Kier molecular flexibility index (Phi) is 3.80. The van der Waals surface area contributed by atoms with Crippen LogP contribution in [0, 0.1) is 5.82 Å². The smallest absolute Gasteiger partial charge is 0.337 e. The Morgan fingerprint density at radius 3 is 2.74 bits per heavy atom. The summed E-state index contributed by atoms with van der Waals surface area (Å²) in [7, 11) is 0. The molecule has 1 aliphatic rings. The van der Waals surface area contributed by atoms with Crippen molar-refractivity contribution in [2.24, 2.45) is 0 Å². The Labute approximate surface area is 109 Å². The maximum atomic E-state index is 13.6. The third kappa shape index (κ3) is 2.90. The van der Waals surface area contributed by atoms with Gasteiger partial charge < -0.3 is 15.2 Å². The number of nitrogens with one attached hydrogen (secondary N) is 1. The molecule has 2 atom stereocenters. The number of aromatic carboxylic acids is 1. The fourth-order valence-corrected chi connectivity index (χ4v) is 2.03. The number of rotatable bonds is 3. The van der Waals surface area contributed by atoms with Crippen LogP contribution in [-0.4, -0.2) is 29.2 Å². The van der Waals surface area contributed by atoms with E-state index >= 15 is 0 Å². The van der Waals surface area contributed by atoms with E-state index in [1.54, 1.807) is 0 Å². The summed E-state index contributed by atoms with van der Waals surface area (Å²) in [5.74, 6) is -2.59. The SMILES string of the molecule is CC1CCC(C(=O)Nc2c(F)cccc2C(=O)O)O1. The van der Waals surface area contributed by atoms with Crippen LogP contribution < -0.4 is 5.32 Å². The molecule has 1 aromatic rings. The predicted octanol–water partition coefficient (Wildman–Crippen LogP) is 2.03. The number of benzene rings is 1. The number of para-hydroxylation sites is 1. The molecule has 1 fully saturated rings. The first-order chi connectivity index (χ1) is 8.99. The van der Waals surface area contributed by atoms with E-state index in [2.05, 4.69) is 5.32 Å². The normalized spacial score (nSPS) is 22.2. The average molecular weight is 267 g/mol. The molecule has 2 N–H and O–H groups in total. The van der Waals surface area contributed by atoms with Gasteiger partial charge in [-0.05, 0) is 31.9 Å². The van der Waals surface area contributed by atoms with E-state index in [-0.39, 0.29) is 17.4 Å². The Morgan fingerprint density at radius 2 is 2.16 bits per heavy atom. The van der Waals surface area contributed by atoms with Crippen LogP contribution in [-0.2, 0) is 9.53 Å². The van der Waals surface area contributed by atoms with Gasteiger partial charge in [0.1, 0.15) is 11.9 Å². The number of carbonyl (C=O) groups excluding carboxylic acids is 1. The lowest BCUT2D eigenvalue weighted by molar-refractivity contribution is -0.126. The maximum absolute atomic E-state index is 13.6. The summed E-state index contributed by atoms with van der Waals surface area (Å²) < 4.78 is 19.0. The van der Waals surface area contributed by atoms with Crippen LogP contribution in [0.2, 0.25) is 0 Å². The number of halogens is 1. The fourth-order valence-electron chi connectivity index (χ4n) is 2.03. The van der Waals surface area contributed by atoms with Crippen LogP contribution in [0.25, 0.3) is 0 Å². The number of hydrogen-bond acceptors (Lipinski definition) is 3. The molecular weight excluding hydrogens is 253 g/mol. The van der Waals surface area contributed by atoms with E-state index in [9.17, 15) is 14.0 Å². The molecule has 1 amide bonds. The van der Waals surface area contributed by atoms with Crippen molar-refractivity contribution >= 4 is 17.6 Å². The van der Waals surface area contributed by atoms with Crippen molar-refractivity contribution in [3.63, 3.8) is 0 Å². The monoisotopic (exact) mass is 267 g/mol. The highest BCUT2D eigenvalue weighted by Gasteiger charge is 2.29. The van der Waals surface area contributed by atoms with Crippen LogP contribution >= 0.6 is 0 Å². The zero-order valence-corrected chi connectivity index (χ0v) is 10.4. The molecule has 19 heavy (non-hydrogen) atoms. The molecule has 0 aliphatic carbocycles. The second-order valence-electron chi connectivity index (χ2n) is 4.47. The number of carboxylic acids is 1. The van der Waals surface area contributed by atoms with Crippen molar-refractivity contribution in [3.05, 3.63) is 29.6 Å². The van der Waals surface area contributed by atoms with Crippen molar-refractivity contribution < 1.29 is 23.8 Å². The second-order valence-corrected chi connectivity index (χ2v) is 4.47. The molecule has 0 saturated carbocycles. The number of hydrogen-bond donors (Lipinski definition) is 2. The first kappa shape index (κ1) is 13.5. The first-order valence-corrected chi connectivity index (χ1v) is 5.97. The Morgan fingerprint density at radius 1 is 1.42 bits per heavy atom. The fraction of sp³-hybridized carbons (Fsp3) is 0.385. The van der Waals surface area contributed by atoms with Crippen LogP contribution in [0.1, 0.15) is 30.1 Å². The molecule has 0 radical (unpaired) electrons. The van der Waals surface area contributed by atoms with E-state index in [0.717, 1.165) is 12.5 Å². The number of amides is 1. The topological polar surface area (TPSA) is 75.6 Å². The summed E-state index contributed by atoms with van der Waals surface area (Å²) in [5, 5.41) is 11.3. The molecule has 102 valence electrons. The van der Waals surface area contributed by atoms with Crippen LogP contribution in [0.5, 0.6) is 0 Å². The lowest BCUT2D eigenvalue weighted by Gasteiger charge is -2.13.